The Morgan fingerprint density at radius 3 is 2.73 bits per heavy atom. The number of carboxylic acids is 1. The van der Waals surface area contributed by atoms with Crippen molar-refractivity contribution in [2.24, 2.45) is 11.1 Å². The molecule has 136 valence electrons. The van der Waals surface area contributed by atoms with Crippen LogP contribution in [0.2, 0.25) is 0 Å². The van der Waals surface area contributed by atoms with Crippen LogP contribution in [0.15, 0.2) is 22.2 Å². The van der Waals surface area contributed by atoms with Gasteiger partial charge in [0.05, 0.1) is 5.39 Å². The molecule has 0 atom stereocenters. The number of hydrogen-bond acceptors (Lipinski definition) is 5. The second-order valence-electron chi connectivity index (χ2n) is 6.88. The number of benzene rings is 1. The van der Waals surface area contributed by atoms with Gasteiger partial charge in [0, 0.05) is 19.3 Å². The summed E-state index contributed by atoms with van der Waals surface area (Å²) in [4.78, 5) is 31.3. The molecule has 1 fully saturated rings. The molecule has 4 rings (SSSR count). The topological polar surface area (TPSA) is 84.1 Å². The molecule has 1 N–H and O–H groups in total. The number of anilines is 1. The van der Waals surface area contributed by atoms with E-state index in [0.717, 1.165) is 18.9 Å². The zero-order valence-electron chi connectivity index (χ0n) is 14.5. The summed E-state index contributed by atoms with van der Waals surface area (Å²) in [5.41, 5.74) is -0.542. The van der Waals surface area contributed by atoms with Crippen molar-refractivity contribution in [1.82, 2.24) is 4.57 Å². The monoisotopic (exact) mass is 359 g/mol. The second kappa shape index (κ2) is 5.82. The second-order valence-corrected chi connectivity index (χ2v) is 6.88. The first kappa shape index (κ1) is 16.6. The molecule has 0 bridgehead atoms. The Labute approximate surface area is 148 Å². The summed E-state index contributed by atoms with van der Waals surface area (Å²) < 4.78 is 16.4. The Morgan fingerprint density at radius 1 is 1.38 bits per heavy atom. The van der Waals surface area contributed by atoms with E-state index in [0.29, 0.717) is 30.4 Å². The number of hydrogen-bond donors (Lipinski definition) is 1. The maximum atomic E-state index is 14.9. The molecule has 1 saturated heterocycles. The van der Waals surface area contributed by atoms with Crippen molar-refractivity contribution < 1.29 is 19.1 Å². The summed E-state index contributed by atoms with van der Waals surface area (Å²) in [7, 11) is 0. The maximum absolute atomic E-state index is 14.9. The summed E-state index contributed by atoms with van der Waals surface area (Å²) >= 11 is 0. The highest BCUT2D eigenvalue weighted by Gasteiger charge is 2.30. The predicted molar refractivity (Wildman–Crippen MR) is 94.9 cm³/mol. The molecule has 3 heterocycles. The van der Waals surface area contributed by atoms with Crippen molar-refractivity contribution in [2.45, 2.75) is 26.7 Å². The highest BCUT2D eigenvalue weighted by Crippen LogP contribution is 2.41. The van der Waals surface area contributed by atoms with Crippen LogP contribution in [0.3, 0.4) is 0 Å². The number of halogens is 1. The van der Waals surface area contributed by atoms with Crippen LogP contribution in [-0.4, -0.2) is 34.6 Å². The fourth-order valence-electron chi connectivity index (χ4n) is 3.59. The molecule has 0 aliphatic carbocycles. The summed E-state index contributed by atoms with van der Waals surface area (Å²) in [5, 5.41) is 13.2. The van der Waals surface area contributed by atoms with Crippen molar-refractivity contribution in [3.05, 3.63) is 33.9 Å². The Kier molecular flexibility index (Phi) is 3.71. The number of pyridine rings is 1. The lowest BCUT2D eigenvalue weighted by Crippen LogP contribution is -2.34. The average Bonchev–Trinajstić information content (AvgIpc) is 2.60. The van der Waals surface area contributed by atoms with Crippen LogP contribution in [0.1, 0.15) is 37.0 Å². The smallest absolute Gasteiger partial charge is 0.341 e. The largest absolute Gasteiger partial charge is 0.477 e. The summed E-state index contributed by atoms with van der Waals surface area (Å²) in [6.45, 7) is 5.15. The van der Waals surface area contributed by atoms with E-state index < -0.39 is 22.8 Å². The SMILES string of the molecule is CC1=NOc2c(N3CCC(C)CC3)c(F)cc3c(=O)c(C(=O)O)cn1c23. The van der Waals surface area contributed by atoms with Crippen LogP contribution < -0.4 is 15.2 Å². The van der Waals surface area contributed by atoms with Crippen molar-refractivity contribution in [3.8, 4) is 5.75 Å². The first-order valence-electron chi connectivity index (χ1n) is 8.50. The molecule has 0 unspecified atom stereocenters. The maximum Gasteiger partial charge on any atom is 0.341 e. The Balaban J connectivity index is 2.02. The van der Waals surface area contributed by atoms with Gasteiger partial charge in [0.1, 0.15) is 16.8 Å². The van der Waals surface area contributed by atoms with Crippen molar-refractivity contribution in [2.75, 3.05) is 18.0 Å². The summed E-state index contributed by atoms with van der Waals surface area (Å²) in [6.07, 6.45) is 3.09. The van der Waals surface area contributed by atoms with Crippen LogP contribution in [0.4, 0.5) is 10.1 Å². The van der Waals surface area contributed by atoms with E-state index in [1.807, 2.05) is 4.90 Å². The van der Waals surface area contributed by atoms with E-state index in [1.54, 1.807) is 6.92 Å². The molecular weight excluding hydrogens is 341 g/mol. The molecule has 0 amide bonds. The molecule has 8 heteroatoms. The molecule has 1 aromatic heterocycles. The number of aromatic carboxylic acids is 1. The Hall–Kier alpha value is -2.90. The van der Waals surface area contributed by atoms with Gasteiger partial charge in [-0.15, -0.1) is 0 Å². The van der Waals surface area contributed by atoms with Crippen LogP contribution in [-0.2, 0) is 0 Å². The minimum absolute atomic E-state index is 0.0271. The number of piperidine rings is 1. The quantitative estimate of drug-likeness (QED) is 0.891. The number of oxime groups is 1. The third kappa shape index (κ3) is 2.36. The molecule has 1 aromatic carbocycles. The van der Waals surface area contributed by atoms with Crippen molar-refractivity contribution >= 4 is 28.4 Å². The Bertz CT molecular complexity index is 1020. The highest BCUT2D eigenvalue weighted by atomic mass is 19.1. The van der Waals surface area contributed by atoms with Gasteiger partial charge < -0.3 is 14.8 Å². The molecule has 2 aliphatic heterocycles. The molecule has 26 heavy (non-hydrogen) atoms. The van der Waals surface area contributed by atoms with E-state index in [-0.39, 0.29) is 16.8 Å². The van der Waals surface area contributed by atoms with Gasteiger partial charge in [-0.05, 0) is 31.7 Å². The van der Waals surface area contributed by atoms with Gasteiger partial charge in [0.2, 0.25) is 11.2 Å². The molecule has 0 radical (unpaired) electrons. The third-order valence-corrected chi connectivity index (χ3v) is 5.12. The molecule has 7 nitrogen and oxygen atoms in total. The molecule has 2 aromatic rings. The van der Waals surface area contributed by atoms with E-state index in [2.05, 4.69) is 12.1 Å². The lowest BCUT2D eigenvalue weighted by atomic mass is 9.98. The van der Waals surface area contributed by atoms with Crippen LogP contribution in [0.25, 0.3) is 10.9 Å². The normalized spacial score (nSPS) is 17.2. The highest BCUT2D eigenvalue weighted by molar-refractivity contribution is 6.03. The number of nitrogens with zero attached hydrogens (tertiary/aromatic N) is 3. The van der Waals surface area contributed by atoms with Crippen LogP contribution in [0.5, 0.6) is 5.75 Å². The number of rotatable bonds is 2. The van der Waals surface area contributed by atoms with Gasteiger partial charge >= 0.3 is 5.97 Å². The molecule has 0 saturated carbocycles. The molecule has 0 spiro atoms. The Morgan fingerprint density at radius 2 is 2.08 bits per heavy atom. The van der Waals surface area contributed by atoms with E-state index in [4.69, 9.17) is 4.84 Å². The summed E-state index contributed by atoms with van der Waals surface area (Å²) in [6, 6.07) is 1.11. The van der Waals surface area contributed by atoms with Gasteiger partial charge in [-0.3, -0.25) is 9.36 Å². The number of carboxylic acid groups (broad SMARTS) is 1. The van der Waals surface area contributed by atoms with Crippen LogP contribution >= 0.6 is 0 Å². The lowest BCUT2D eigenvalue weighted by Gasteiger charge is -2.34. The van der Waals surface area contributed by atoms with Crippen LogP contribution in [0, 0.1) is 11.7 Å². The minimum atomic E-state index is -1.36. The van der Waals surface area contributed by atoms with Crippen molar-refractivity contribution in [1.29, 1.82) is 0 Å². The lowest BCUT2D eigenvalue weighted by molar-refractivity contribution is 0.0695. The minimum Gasteiger partial charge on any atom is -0.477 e. The molecule has 2 aliphatic rings. The first-order chi connectivity index (χ1) is 12.4. The van der Waals surface area contributed by atoms with E-state index in [9.17, 15) is 19.1 Å². The van der Waals surface area contributed by atoms with Crippen molar-refractivity contribution in [3.63, 3.8) is 0 Å². The molecular formula is C18H18FN3O4. The zero-order valence-corrected chi connectivity index (χ0v) is 14.5. The van der Waals surface area contributed by atoms with Gasteiger partial charge in [-0.25, -0.2) is 9.18 Å². The van der Waals surface area contributed by atoms with E-state index >= 15 is 0 Å². The van der Waals surface area contributed by atoms with E-state index in [1.165, 1.54) is 10.8 Å². The van der Waals surface area contributed by atoms with Gasteiger partial charge in [-0.1, -0.05) is 12.1 Å². The average molecular weight is 359 g/mol. The number of carbonyl (C=O) groups is 1. The number of aromatic nitrogens is 1. The summed E-state index contributed by atoms with van der Waals surface area (Å²) in [5.74, 6) is -0.869. The predicted octanol–water partition coefficient (Wildman–Crippen LogP) is 2.65. The fraction of sp³-hybridized carbons (Fsp3) is 0.389. The van der Waals surface area contributed by atoms with Gasteiger partial charge in [0.25, 0.3) is 0 Å². The fourth-order valence-corrected chi connectivity index (χ4v) is 3.59. The third-order valence-electron chi connectivity index (χ3n) is 5.12. The zero-order chi connectivity index (χ0) is 18.6. The van der Waals surface area contributed by atoms with Gasteiger partial charge in [-0.2, -0.15) is 0 Å². The first-order valence-corrected chi connectivity index (χ1v) is 8.50. The van der Waals surface area contributed by atoms with Gasteiger partial charge in [0.15, 0.2) is 11.7 Å². The standard InChI is InChI=1S/C18H18FN3O4/c1-9-3-5-21(6-4-9)15-13(19)7-11-14-17(15)26-20-10(2)22(14)8-12(16(11)23)18(24)25/h7-9H,3-6H2,1-2H3,(H,24,25).